The first-order chi connectivity index (χ1) is 7.27. The Morgan fingerprint density at radius 2 is 2.13 bits per heavy atom. The van der Waals surface area contributed by atoms with E-state index in [-0.39, 0.29) is 18.0 Å². The minimum atomic E-state index is -0.0799. The fourth-order valence-electron chi connectivity index (χ4n) is 1.20. The van der Waals surface area contributed by atoms with Crippen LogP contribution in [0.25, 0.3) is 0 Å². The molecule has 0 fully saturated rings. The van der Waals surface area contributed by atoms with Gasteiger partial charge in [-0.25, -0.2) is 0 Å². The summed E-state index contributed by atoms with van der Waals surface area (Å²) in [4.78, 5) is 27.8. The van der Waals surface area contributed by atoms with Crippen LogP contribution in [0, 0.1) is 0 Å². The number of rotatable bonds is 4. The summed E-state index contributed by atoms with van der Waals surface area (Å²) in [6, 6.07) is 5.38. The maximum atomic E-state index is 11.6. The van der Waals surface area contributed by atoms with Crippen LogP contribution in [0.4, 0.5) is 0 Å². The summed E-state index contributed by atoms with van der Waals surface area (Å²) in [5.41, 5.74) is 0.694. The minimum absolute atomic E-state index is 0.00718. The molecule has 2 heterocycles. The van der Waals surface area contributed by atoms with Crippen molar-refractivity contribution in [2.75, 3.05) is 0 Å². The SMILES string of the molecule is O=C(CC(=O)c1cccs1)c1cc[se]c1. The second-order valence-corrected chi connectivity index (χ2v) is 5.60. The van der Waals surface area contributed by atoms with Crippen LogP contribution < -0.4 is 0 Å². The number of ketones is 2. The molecule has 2 aromatic rings. The third-order valence-corrected chi connectivity index (χ3v) is 4.30. The van der Waals surface area contributed by atoms with Crippen LogP contribution in [0.2, 0.25) is 0 Å². The molecular formula is C11H8O2SSe. The van der Waals surface area contributed by atoms with E-state index in [1.54, 1.807) is 6.07 Å². The van der Waals surface area contributed by atoms with Gasteiger partial charge < -0.3 is 0 Å². The van der Waals surface area contributed by atoms with E-state index in [9.17, 15) is 9.59 Å². The van der Waals surface area contributed by atoms with Crippen molar-refractivity contribution in [2.24, 2.45) is 0 Å². The van der Waals surface area contributed by atoms with Gasteiger partial charge in [-0.2, -0.15) is 0 Å². The molecule has 0 bridgehead atoms. The molecule has 0 saturated heterocycles. The Bertz CT molecular complexity index is 413. The second-order valence-electron chi connectivity index (χ2n) is 3.01. The number of Topliss-reactive ketones (excluding diaryl/α,β-unsaturated/α-hetero) is 2. The van der Waals surface area contributed by atoms with Gasteiger partial charge in [0.2, 0.25) is 0 Å². The van der Waals surface area contributed by atoms with Crippen LogP contribution in [0.3, 0.4) is 0 Å². The quantitative estimate of drug-likeness (QED) is 0.490. The van der Waals surface area contributed by atoms with Crippen LogP contribution in [0.1, 0.15) is 26.5 Å². The van der Waals surface area contributed by atoms with Crippen molar-refractivity contribution in [3.05, 3.63) is 43.9 Å². The molecule has 4 heteroatoms. The second kappa shape index (κ2) is 4.71. The van der Waals surface area contributed by atoms with Crippen molar-refractivity contribution >= 4 is 37.4 Å². The van der Waals surface area contributed by atoms with Crippen LogP contribution in [-0.2, 0) is 0 Å². The molecule has 0 spiro atoms. The van der Waals surface area contributed by atoms with Gasteiger partial charge in [-0.05, 0) is 0 Å². The monoisotopic (exact) mass is 284 g/mol. The third-order valence-electron chi connectivity index (χ3n) is 1.96. The number of thiophene rings is 1. The first-order valence-corrected chi connectivity index (χ1v) is 7.25. The zero-order valence-electron chi connectivity index (χ0n) is 7.80. The van der Waals surface area contributed by atoms with Crippen molar-refractivity contribution in [3.63, 3.8) is 0 Å². The Hall–Kier alpha value is -0.961. The van der Waals surface area contributed by atoms with Crippen LogP contribution in [0.5, 0.6) is 0 Å². The van der Waals surface area contributed by atoms with Gasteiger partial charge in [0.25, 0.3) is 0 Å². The van der Waals surface area contributed by atoms with Gasteiger partial charge in [0, 0.05) is 0 Å². The summed E-state index contributed by atoms with van der Waals surface area (Å²) in [5, 5.41) is 1.84. The van der Waals surface area contributed by atoms with Crippen LogP contribution in [-0.4, -0.2) is 26.1 Å². The molecule has 0 N–H and O–H groups in total. The van der Waals surface area contributed by atoms with Gasteiger partial charge >= 0.3 is 97.3 Å². The van der Waals surface area contributed by atoms with Crippen molar-refractivity contribution in [1.82, 2.24) is 0 Å². The molecular weight excluding hydrogens is 275 g/mol. The van der Waals surface area contributed by atoms with E-state index in [4.69, 9.17) is 0 Å². The van der Waals surface area contributed by atoms with Gasteiger partial charge in [0.15, 0.2) is 0 Å². The van der Waals surface area contributed by atoms with E-state index in [1.165, 1.54) is 11.3 Å². The average molecular weight is 283 g/mol. The van der Waals surface area contributed by atoms with Crippen molar-refractivity contribution in [1.29, 1.82) is 0 Å². The Morgan fingerprint density at radius 3 is 2.73 bits per heavy atom. The topological polar surface area (TPSA) is 34.1 Å². The molecule has 2 aromatic heterocycles. The Balaban J connectivity index is 2.04. The molecule has 0 amide bonds. The summed E-state index contributed by atoms with van der Waals surface area (Å²) < 4.78 is 0. The molecule has 0 atom stereocenters. The zero-order chi connectivity index (χ0) is 10.7. The van der Waals surface area contributed by atoms with E-state index in [2.05, 4.69) is 0 Å². The fraction of sp³-hybridized carbons (Fsp3) is 0.0909. The van der Waals surface area contributed by atoms with Crippen LogP contribution in [0.15, 0.2) is 33.5 Å². The molecule has 0 radical (unpaired) electrons. The summed E-state index contributed by atoms with van der Waals surface area (Å²) in [7, 11) is 0. The van der Waals surface area contributed by atoms with Gasteiger partial charge in [-0.3, -0.25) is 0 Å². The van der Waals surface area contributed by atoms with E-state index >= 15 is 0 Å². The Morgan fingerprint density at radius 1 is 1.27 bits per heavy atom. The number of carbonyl (C=O) groups excluding carboxylic acids is 2. The molecule has 0 aliphatic rings. The molecule has 0 aromatic carbocycles. The molecule has 15 heavy (non-hydrogen) atoms. The number of hydrogen-bond acceptors (Lipinski definition) is 3. The van der Waals surface area contributed by atoms with Gasteiger partial charge in [-0.15, -0.1) is 0 Å². The first kappa shape index (κ1) is 10.6. The summed E-state index contributed by atoms with van der Waals surface area (Å²) in [5.74, 6) is -0.146. The molecule has 0 unspecified atom stereocenters. The predicted octanol–water partition coefficient (Wildman–Crippen LogP) is 2.26. The van der Waals surface area contributed by atoms with Gasteiger partial charge in [-0.1, -0.05) is 0 Å². The van der Waals surface area contributed by atoms with E-state index < -0.39 is 0 Å². The Labute approximate surface area is 97.3 Å². The Kier molecular flexibility index (Phi) is 3.31. The zero-order valence-corrected chi connectivity index (χ0v) is 10.3. The average Bonchev–Trinajstić information content (AvgIpc) is 2.91. The fourth-order valence-corrected chi connectivity index (χ4v) is 3.25. The molecule has 0 aliphatic heterocycles. The molecule has 0 saturated carbocycles. The van der Waals surface area contributed by atoms with Gasteiger partial charge in [0.05, 0.1) is 0 Å². The van der Waals surface area contributed by atoms with Gasteiger partial charge in [0.1, 0.15) is 0 Å². The summed E-state index contributed by atoms with van der Waals surface area (Å²) in [6.45, 7) is 0. The van der Waals surface area contributed by atoms with E-state index in [1.807, 2.05) is 27.4 Å². The van der Waals surface area contributed by atoms with Crippen molar-refractivity contribution in [3.8, 4) is 0 Å². The van der Waals surface area contributed by atoms with Crippen molar-refractivity contribution in [2.45, 2.75) is 6.42 Å². The first-order valence-electron chi connectivity index (χ1n) is 4.39. The molecule has 76 valence electrons. The summed E-state index contributed by atoms with van der Waals surface area (Å²) in [6.07, 6.45) is -0.00718. The van der Waals surface area contributed by atoms with Crippen LogP contribution >= 0.6 is 11.3 Å². The predicted molar refractivity (Wildman–Crippen MR) is 61.0 cm³/mol. The third kappa shape index (κ3) is 2.53. The van der Waals surface area contributed by atoms with E-state index in [0.29, 0.717) is 24.9 Å². The number of hydrogen-bond donors (Lipinski definition) is 0. The summed E-state index contributed by atoms with van der Waals surface area (Å²) >= 11 is 1.68. The number of carbonyl (C=O) groups is 2. The standard InChI is InChI=1S/C11H8O2SSe/c12-9(8-3-5-15-7-8)6-10(13)11-2-1-4-14-11/h1-5,7H,6H2. The molecule has 0 aliphatic carbocycles. The normalized spacial score (nSPS) is 10.1. The van der Waals surface area contributed by atoms with Crippen molar-refractivity contribution < 1.29 is 9.59 Å². The maximum absolute atomic E-state index is 11.6. The van der Waals surface area contributed by atoms with E-state index in [0.717, 1.165) is 0 Å². The molecule has 2 rings (SSSR count). The molecule has 2 nitrogen and oxygen atoms in total.